The highest BCUT2D eigenvalue weighted by atomic mass is 16.3. The Morgan fingerprint density at radius 3 is 2.64 bits per heavy atom. The zero-order valence-electron chi connectivity index (χ0n) is 12.0. The zero-order valence-corrected chi connectivity index (χ0v) is 12.0. The molecule has 3 heterocycles. The van der Waals surface area contributed by atoms with E-state index in [1.807, 2.05) is 36.7 Å². The maximum Gasteiger partial charge on any atom is 0.164 e. The summed E-state index contributed by atoms with van der Waals surface area (Å²) in [5.74, 6) is 0.699. The molecule has 0 aliphatic rings. The SMILES string of the molecule is C[C@@H](c1ccccc1)n1cnc2c(-c3ccco3)ncnc21. The lowest BCUT2D eigenvalue weighted by Gasteiger charge is -2.14. The van der Waals surface area contributed by atoms with Crippen LogP contribution < -0.4 is 0 Å². The minimum Gasteiger partial charge on any atom is -0.463 e. The van der Waals surface area contributed by atoms with Crippen LogP contribution in [0.1, 0.15) is 18.5 Å². The Hall–Kier alpha value is -2.95. The van der Waals surface area contributed by atoms with Crippen LogP contribution in [0.3, 0.4) is 0 Å². The summed E-state index contributed by atoms with van der Waals surface area (Å²) < 4.78 is 7.50. The number of imidazole rings is 1. The van der Waals surface area contributed by atoms with Crippen LogP contribution in [0.15, 0.2) is 65.8 Å². The predicted octanol–water partition coefficient (Wildman–Crippen LogP) is 3.70. The van der Waals surface area contributed by atoms with E-state index in [2.05, 4.69) is 38.6 Å². The van der Waals surface area contributed by atoms with Gasteiger partial charge < -0.3 is 8.98 Å². The van der Waals surface area contributed by atoms with Gasteiger partial charge in [-0.25, -0.2) is 15.0 Å². The molecule has 0 N–H and O–H groups in total. The van der Waals surface area contributed by atoms with Gasteiger partial charge in [-0.2, -0.15) is 0 Å². The first-order chi connectivity index (χ1) is 10.8. The van der Waals surface area contributed by atoms with E-state index in [0.29, 0.717) is 11.5 Å². The van der Waals surface area contributed by atoms with Crippen molar-refractivity contribution in [3.05, 3.63) is 66.9 Å². The minimum absolute atomic E-state index is 0.144. The summed E-state index contributed by atoms with van der Waals surface area (Å²) in [6.45, 7) is 2.13. The highest BCUT2D eigenvalue weighted by Crippen LogP contribution is 2.27. The number of aromatic nitrogens is 4. The molecule has 0 saturated carbocycles. The van der Waals surface area contributed by atoms with E-state index in [1.165, 1.54) is 5.56 Å². The molecule has 5 nitrogen and oxygen atoms in total. The molecule has 0 amide bonds. The summed E-state index contributed by atoms with van der Waals surface area (Å²) in [7, 11) is 0. The van der Waals surface area contributed by atoms with Crippen LogP contribution in [0, 0.1) is 0 Å². The number of nitrogens with zero attached hydrogens (tertiary/aromatic N) is 4. The Kier molecular flexibility index (Phi) is 2.96. The fraction of sp³-hybridized carbons (Fsp3) is 0.118. The molecule has 22 heavy (non-hydrogen) atoms. The Morgan fingerprint density at radius 2 is 1.86 bits per heavy atom. The number of hydrogen-bond acceptors (Lipinski definition) is 4. The van der Waals surface area contributed by atoms with Crippen molar-refractivity contribution in [1.82, 2.24) is 19.5 Å². The van der Waals surface area contributed by atoms with Crippen molar-refractivity contribution in [2.75, 3.05) is 0 Å². The molecule has 4 aromatic rings. The predicted molar refractivity (Wildman–Crippen MR) is 83.3 cm³/mol. The molecule has 4 rings (SSSR count). The largest absolute Gasteiger partial charge is 0.463 e. The average molecular weight is 290 g/mol. The van der Waals surface area contributed by atoms with Crippen molar-refractivity contribution in [3.63, 3.8) is 0 Å². The highest BCUT2D eigenvalue weighted by Gasteiger charge is 2.17. The van der Waals surface area contributed by atoms with Crippen LogP contribution in [-0.2, 0) is 0 Å². The summed E-state index contributed by atoms with van der Waals surface area (Å²) in [5.41, 5.74) is 3.48. The third-order valence-electron chi connectivity index (χ3n) is 3.81. The Morgan fingerprint density at radius 1 is 1.00 bits per heavy atom. The molecule has 0 radical (unpaired) electrons. The molecule has 0 spiro atoms. The topological polar surface area (TPSA) is 56.7 Å². The minimum atomic E-state index is 0.144. The third-order valence-corrected chi connectivity index (χ3v) is 3.81. The van der Waals surface area contributed by atoms with Crippen LogP contribution in [0.4, 0.5) is 0 Å². The zero-order chi connectivity index (χ0) is 14.9. The lowest BCUT2D eigenvalue weighted by molar-refractivity contribution is 0.580. The van der Waals surface area contributed by atoms with Gasteiger partial charge in [0.1, 0.15) is 17.5 Å². The van der Waals surface area contributed by atoms with Gasteiger partial charge in [0.05, 0.1) is 18.6 Å². The van der Waals surface area contributed by atoms with Crippen LogP contribution in [0.2, 0.25) is 0 Å². The van der Waals surface area contributed by atoms with Gasteiger partial charge in [0, 0.05) is 0 Å². The van der Waals surface area contributed by atoms with Crippen molar-refractivity contribution in [3.8, 4) is 11.5 Å². The first kappa shape index (κ1) is 12.8. The van der Waals surface area contributed by atoms with Crippen LogP contribution in [-0.4, -0.2) is 19.5 Å². The van der Waals surface area contributed by atoms with Crippen LogP contribution >= 0.6 is 0 Å². The quantitative estimate of drug-likeness (QED) is 0.577. The molecule has 1 atom stereocenters. The monoisotopic (exact) mass is 290 g/mol. The summed E-state index contributed by atoms with van der Waals surface area (Å²) in [6.07, 6.45) is 4.99. The molecule has 0 bridgehead atoms. The molecule has 108 valence electrons. The van der Waals surface area contributed by atoms with Gasteiger partial charge in [-0.1, -0.05) is 30.3 Å². The van der Waals surface area contributed by atoms with E-state index in [9.17, 15) is 0 Å². The van der Waals surface area contributed by atoms with E-state index in [0.717, 1.165) is 11.2 Å². The van der Waals surface area contributed by atoms with Gasteiger partial charge in [-0.05, 0) is 24.6 Å². The fourth-order valence-corrected chi connectivity index (χ4v) is 2.62. The lowest BCUT2D eigenvalue weighted by atomic mass is 10.1. The highest BCUT2D eigenvalue weighted by molar-refractivity contribution is 5.85. The molecule has 1 aromatic carbocycles. The van der Waals surface area contributed by atoms with E-state index >= 15 is 0 Å². The van der Waals surface area contributed by atoms with E-state index in [-0.39, 0.29) is 6.04 Å². The normalized spacial score (nSPS) is 12.6. The number of furan rings is 1. The Labute approximate surface area is 127 Å². The van der Waals surface area contributed by atoms with Gasteiger partial charge in [0.2, 0.25) is 0 Å². The summed E-state index contributed by atoms with van der Waals surface area (Å²) >= 11 is 0. The van der Waals surface area contributed by atoms with Crippen molar-refractivity contribution in [1.29, 1.82) is 0 Å². The molecular weight excluding hydrogens is 276 g/mol. The average Bonchev–Trinajstić information content (AvgIpc) is 3.24. The standard InChI is InChI=1S/C17H14N4O/c1-12(13-6-3-2-4-7-13)21-11-20-16-15(14-8-5-9-22-14)18-10-19-17(16)21/h2-12H,1H3/t12-/m0/s1. The second kappa shape index (κ2) is 5.11. The second-order valence-corrected chi connectivity index (χ2v) is 5.11. The van der Waals surface area contributed by atoms with Crippen LogP contribution in [0.5, 0.6) is 0 Å². The first-order valence-electron chi connectivity index (χ1n) is 7.11. The van der Waals surface area contributed by atoms with Gasteiger partial charge >= 0.3 is 0 Å². The third kappa shape index (κ3) is 1.98. The maximum absolute atomic E-state index is 5.44. The molecular formula is C17H14N4O. The lowest BCUT2D eigenvalue weighted by Crippen LogP contribution is -2.06. The molecule has 0 unspecified atom stereocenters. The molecule has 0 fully saturated rings. The fourth-order valence-electron chi connectivity index (χ4n) is 2.62. The molecule has 0 saturated heterocycles. The molecule has 3 aromatic heterocycles. The van der Waals surface area contributed by atoms with E-state index in [1.54, 1.807) is 12.6 Å². The Balaban J connectivity index is 1.86. The van der Waals surface area contributed by atoms with E-state index in [4.69, 9.17) is 4.42 Å². The number of hydrogen-bond donors (Lipinski definition) is 0. The van der Waals surface area contributed by atoms with Crippen molar-refractivity contribution in [2.45, 2.75) is 13.0 Å². The Bertz CT molecular complexity index is 897. The van der Waals surface area contributed by atoms with Crippen LogP contribution in [0.25, 0.3) is 22.6 Å². The summed E-state index contributed by atoms with van der Waals surface area (Å²) in [4.78, 5) is 13.2. The number of rotatable bonds is 3. The van der Waals surface area contributed by atoms with Gasteiger partial charge in [-0.15, -0.1) is 0 Å². The van der Waals surface area contributed by atoms with Gasteiger partial charge in [0.25, 0.3) is 0 Å². The summed E-state index contributed by atoms with van der Waals surface area (Å²) in [6, 6.07) is 14.2. The van der Waals surface area contributed by atoms with E-state index < -0.39 is 0 Å². The maximum atomic E-state index is 5.44. The van der Waals surface area contributed by atoms with Crippen molar-refractivity contribution >= 4 is 11.2 Å². The van der Waals surface area contributed by atoms with Gasteiger partial charge in [0.15, 0.2) is 11.4 Å². The smallest absolute Gasteiger partial charge is 0.164 e. The van der Waals surface area contributed by atoms with Crippen molar-refractivity contribution in [2.24, 2.45) is 0 Å². The van der Waals surface area contributed by atoms with Gasteiger partial charge in [-0.3, -0.25) is 0 Å². The second-order valence-electron chi connectivity index (χ2n) is 5.11. The molecule has 5 heteroatoms. The first-order valence-corrected chi connectivity index (χ1v) is 7.11. The number of fused-ring (bicyclic) bond motifs is 1. The summed E-state index contributed by atoms with van der Waals surface area (Å²) in [5, 5.41) is 0. The number of benzene rings is 1. The van der Waals surface area contributed by atoms with Crippen molar-refractivity contribution < 1.29 is 4.42 Å². The molecule has 0 aliphatic carbocycles. The molecule has 0 aliphatic heterocycles.